The van der Waals surface area contributed by atoms with Gasteiger partial charge in [-0.3, -0.25) is 4.90 Å². The Morgan fingerprint density at radius 2 is 2.24 bits per heavy atom. The van der Waals surface area contributed by atoms with E-state index in [0.29, 0.717) is 12.4 Å². The summed E-state index contributed by atoms with van der Waals surface area (Å²) in [4.78, 5) is 17.8. The van der Waals surface area contributed by atoms with E-state index in [9.17, 15) is 4.79 Å². The lowest BCUT2D eigenvalue weighted by Gasteiger charge is -2.24. The number of hydrogen-bond acceptors (Lipinski definition) is 3. The minimum Gasteiger partial charge on any atom is -0.443 e. The molecule has 4 nitrogen and oxygen atoms in total. The normalized spacial score (nSPS) is 14.7. The molecule has 2 rings (SSSR count). The number of halogens is 1. The largest absolute Gasteiger partial charge is 0.443 e. The highest BCUT2D eigenvalue weighted by molar-refractivity contribution is 9.10. The third-order valence-electron chi connectivity index (χ3n) is 2.43. The lowest BCUT2D eigenvalue weighted by atomic mass is 10.2. The van der Waals surface area contributed by atoms with Gasteiger partial charge in [0, 0.05) is 22.8 Å². The summed E-state index contributed by atoms with van der Waals surface area (Å²) in [6.45, 7) is 6.20. The third-order valence-corrected chi connectivity index (χ3v) is 3.17. The average Bonchev–Trinajstić information content (AvgIpc) is 2.60. The molecule has 2 heterocycles. The van der Waals surface area contributed by atoms with Crippen molar-refractivity contribution in [1.29, 1.82) is 0 Å². The van der Waals surface area contributed by atoms with E-state index in [2.05, 4.69) is 20.9 Å². The molecule has 0 saturated heterocycles. The van der Waals surface area contributed by atoms with Crippen LogP contribution in [0.25, 0.3) is 0 Å². The fourth-order valence-corrected chi connectivity index (χ4v) is 2.24. The first-order valence-corrected chi connectivity index (χ1v) is 6.32. The number of pyridine rings is 1. The number of carbonyl (C=O) groups is 1. The molecule has 17 heavy (non-hydrogen) atoms. The SMILES string of the molecule is CC(C)(C)OC(=O)N1CCc2c(Br)ccnc21. The first kappa shape index (κ1) is 12.4. The molecule has 0 aliphatic carbocycles. The minimum absolute atomic E-state index is 0.332. The van der Waals surface area contributed by atoms with Gasteiger partial charge in [0.2, 0.25) is 0 Å². The van der Waals surface area contributed by atoms with Crippen molar-refractivity contribution in [2.75, 3.05) is 11.4 Å². The quantitative estimate of drug-likeness (QED) is 0.739. The van der Waals surface area contributed by atoms with Gasteiger partial charge in [-0.25, -0.2) is 9.78 Å². The monoisotopic (exact) mass is 298 g/mol. The molecule has 0 fully saturated rings. The standard InChI is InChI=1S/C12H15BrN2O2/c1-12(2,3)17-11(16)15-7-5-8-9(13)4-6-14-10(8)15/h4,6H,5,7H2,1-3H3. The fourth-order valence-electron chi connectivity index (χ4n) is 1.75. The Hall–Kier alpha value is -1.10. The van der Waals surface area contributed by atoms with Crippen LogP contribution in [0.1, 0.15) is 26.3 Å². The number of aromatic nitrogens is 1. The molecule has 1 amide bonds. The lowest BCUT2D eigenvalue weighted by Crippen LogP contribution is -2.36. The molecule has 1 aliphatic rings. The van der Waals surface area contributed by atoms with Gasteiger partial charge in [-0.1, -0.05) is 15.9 Å². The van der Waals surface area contributed by atoms with Crippen LogP contribution in [0.15, 0.2) is 16.7 Å². The first-order chi connectivity index (χ1) is 7.88. The van der Waals surface area contributed by atoms with E-state index in [1.54, 1.807) is 11.1 Å². The van der Waals surface area contributed by atoms with Gasteiger partial charge >= 0.3 is 6.09 Å². The molecule has 1 aromatic rings. The van der Waals surface area contributed by atoms with E-state index in [1.807, 2.05) is 26.8 Å². The van der Waals surface area contributed by atoms with Gasteiger partial charge in [-0.15, -0.1) is 0 Å². The summed E-state index contributed by atoms with van der Waals surface area (Å²) in [6.07, 6.45) is 2.16. The Labute approximate surface area is 109 Å². The van der Waals surface area contributed by atoms with Gasteiger partial charge in [0.25, 0.3) is 0 Å². The van der Waals surface area contributed by atoms with E-state index in [-0.39, 0.29) is 6.09 Å². The van der Waals surface area contributed by atoms with Crippen molar-refractivity contribution in [3.8, 4) is 0 Å². The Bertz CT molecular complexity index is 454. The maximum Gasteiger partial charge on any atom is 0.416 e. The lowest BCUT2D eigenvalue weighted by molar-refractivity contribution is 0.0583. The second kappa shape index (κ2) is 4.29. The number of anilines is 1. The number of ether oxygens (including phenoxy) is 1. The number of hydrogen-bond donors (Lipinski definition) is 0. The fraction of sp³-hybridized carbons (Fsp3) is 0.500. The van der Waals surface area contributed by atoms with E-state index < -0.39 is 5.60 Å². The zero-order chi connectivity index (χ0) is 12.6. The summed E-state index contributed by atoms with van der Waals surface area (Å²) in [7, 11) is 0. The maximum absolute atomic E-state index is 12.0. The van der Waals surface area contributed by atoms with Crippen molar-refractivity contribution in [1.82, 2.24) is 4.98 Å². The van der Waals surface area contributed by atoms with Gasteiger partial charge < -0.3 is 4.74 Å². The van der Waals surface area contributed by atoms with Crippen LogP contribution in [-0.2, 0) is 11.2 Å². The molecule has 92 valence electrons. The number of carbonyl (C=O) groups excluding carboxylic acids is 1. The third kappa shape index (κ3) is 2.60. The minimum atomic E-state index is -0.480. The number of nitrogens with zero attached hydrogens (tertiary/aromatic N) is 2. The summed E-state index contributed by atoms with van der Waals surface area (Å²) in [5.41, 5.74) is 0.588. The van der Waals surface area contributed by atoms with E-state index >= 15 is 0 Å². The van der Waals surface area contributed by atoms with Crippen LogP contribution in [0.2, 0.25) is 0 Å². The van der Waals surface area contributed by atoms with Gasteiger partial charge in [0.1, 0.15) is 11.4 Å². The molecule has 0 spiro atoms. The zero-order valence-corrected chi connectivity index (χ0v) is 11.7. The van der Waals surface area contributed by atoms with Crippen molar-refractivity contribution in [3.63, 3.8) is 0 Å². The molecule has 0 unspecified atom stereocenters. The second-order valence-corrected chi connectivity index (χ2v) is 5.83. The molecular weight excluding hydrogens is 284 g/mol. The van der Waals surface area contributed by atoms with Crippen molar-refractivity contribution in [2.24, 2.45) is 0 Å². The molecule has 0 aromatic carbocycles. The Morgan fingerprint density at radius 1 is 1.53 bits per heavy atom. The van der Waals surface area contributed by atoms with Gasteiger partial charge in [-0.05, 0) is 33.3 Å². The van der Waals surface area contributed by atoms with Gasteiger partial charge in [-0.2, -0.15) is 0 Å². The molecule has 1 aliphatic heterocycles. The zero-order valence-electron chi connectivity index (χ0n) is 10.2. The summed E-state index contributed by atoms with van der Waals surface area (Å²) >= 11 is 3.47. The molecule has 5 heteroatoms. The van der Waals surface area contributed by atoms with E-state index in [1.165, 1.54) is 0 Å². The van der Waals surface area contributed by atoms with Crippen LogP contribution < -0.4 is 4.90 Å². The number of amides is 1. The van der Waals surface area contributed by atoms with E-state index in [4.69, 9.17) is 4.74 Å². The van der Waals surface area contributed by atoms with E-state index in [0.717, 1.165) is 16.5 Å². The molecule has 1 aromatic heterocycles. The van der Waals surface area contributed by atoms with Crippen LogP contribution in [-0.4, -0.2) is 23.2 Å². The summed E-state index contributed by atoms with van der Waals surface area (Å²) in [5.74, 6) is 0.702. The van der Waals surface area contributed by atoms with Crippen LogP contribution in [0.3, 0.4) is 0 Å². The summed E-state index contributed by atoms with van der Waals surface area (Å²) in [5, 5.41) is 0. The van der Waals surface area contributed by atoms with Crippen molar-refractivity contribution in [3.05, 3.63) is 22.3 Å². The topological polar surface area (TPSA) is 42.4 Å². The van der Waals surface area contributed by atoms with Crippen LogP contribution in [0.4, 0.5) is 10.6 Å². The van der Waals surface area contributed by atoms with Crippen molar-refractivity contribution < 1.29 is 9.53 Å². The Balaban J connectivity index is 2.23. The molecule has 0 atom stereocenters. The number of rotatable bonds is 0. The predicted molar refractivity (Wildman–Crippen MR) is 69.2 cm³/mol. The highest BCUT2D eigenvalue weighted by atomic mass is 79.9. The highest BCUT2D eigenvalue weighted by Crippen LogP contribution is 2.32. The van der Waals surface area contributed by atoms with Crippen LogP contribution in [0, 0.1) is 0 Å². The number of fused-ring (bicyclic) bond motifs is 1. The summed E-state index contributed by atoms with van der Waals surface area (Å²) in [6, 6.07) is 1.89. The van der Waals surface area contributed by atoms with Crippen molar-refractivity contribution >= 4 is 27.8 Å². The molecule has 0 radical (unpaired) electrons. The average molecular weight is 299 g/mol. The summed E-state index contributed by atoms with van der Waals surface area (Å²) < 4.78 is 6.34. The van der Waals surface area contributed by atoms with Gasteiger partial charge in [0.15, 0.2) is 0 Å². The second-order valence-electron chi connectivity index (χ2n) is 4.98. The molecule has 0 saturated carbocycles. The van der Waals surface area contributed by atoms with Gasteiger partial charge in [0.05, 0.1) is 0 Å². The molecule has 0 N–H and O–H groups in total. The van der Waals surface area contributed by atoms with Crippen molar-refractivity contribution in [2.45, 2.75) is 32.8 Å². The first-order valence-electron chi connectivity index (χ1n) is 5.52. The predicted octanol–water partition coefficient (Wildman–Crippen LogP) is 3.14. The smallest absolute Gasteiger partial charge is 0.416 e. The highest BCUT2D eigenvalue weighted by Gasteiger charge is 2.30. The van der Waals surface area contributed by atoms with Crippen LogP contribution >= 0.6 is 15.9 Å². The maximum atomic E-state index is 12.0. The van der Waals surface area contributed by atoms with Crippen LogP contribution in [0.5, 0.6) is 0 Å². The molecular formula is C12H15BrN2O2. The molecule has 0 bridgehead atoms. The Kier molecular flexibility index (Phi) is 3.12. The Morgan fingerprint density at radius 3 is 2.88 bits per heavy atom.